The number of epoxide rings is 1. The fourth-order valence-corrected chi connectivity index (χ4v) is 2.06. The summed E-state index contributed by atoms with van der Waals surface area (Å²) in [4.78, 5) is 23.2. The topological polar surface area (TPSA) is 65.1 Å². The Morgan fingerprint density at radius 3 is 2.24 bits per heavy atom. The van der Waals surface area contributed by atoms with Gasteiger partial charge < -0.3 is 14.2 Å². The fourth-order valence-electron chi connectivity index (χ4n) is 2.06. The molecule has 0 amide bonds. The molecule has 5 heteroatoms. The van der Waals surface area contributed by atoms with Gasteiger partial charge in [0.05, 0.1) is 25.7 Å². The van der Waals surface area contributed by atoms with Crippen molar-refractivity contribution in [3.8, 4) is 0 Å². The van der Waals surface area contributed by atoms with E-state index in [4.69, 9.17) is 14.2 Å². The highest BCUT2D eigenvalue weighted by Gasteiger charge is 2.64. The van der Waals surface area contributed by atoms with E-state index in [1.807, 2.05) is 0 Å². The average Bonchev–Trinajstić information content (AvgIpc) is 2.92. The van der Waals surface area contributed by atoms with Crippen molar-refractivity contribution in [3.05, 3.63) is 0 Å². The van der Waals surface area contributed by atoms with Crippen LogP contribution in [0.5, 0.6) is 0 Å². The van der Waals surface area contributed by atoms with Crippen molar-refractivity contribution < 1.29 is 23.8 Å². The molecule has 1 fully saturated rings. The van der Waals surface area contributed by atoms with Gasteiger partial charge >= 0.3 is 11.9 Å². The number of carbonyl (C=O) groups excluding carboxylic acids is 2. The maximum absolute atomic E-state index is 11.8. The van der Waals surface area contributed by atoms with Crippen LogP contribution in [0.2, 0.25) is 0 Å². The van der Waals surface area contributed by atoms with Crippen molar-refractivity contribution in [2.75, 3.05) is 13.2 Å². The molecule has 3 unspecified atom stereocenters. The number of carbonyl (C=O) groups is 2. The zero-order valence-electron chi connectivity index (χ0n) is 10.8. The number of ether oxygens (including phenoxy) is 3. The van der Waals surface area contributed by atoms with Crippen molar-refractivity contribution in [2.24, 2.45) is 5.92 Å². The Kier molecular flexibility index (Phi) is 4.51. The predicted molar refractivity (Wildman–Crippen MR) is 60.3 cm³/mol. The largest absolute Gasteiger partial charge is 0.466 e. The van der Waals surface area contributed by atoms with E-state index in [1.54, 1.807) is 27.7 Å². The minimum absolute atomic E-state index is 0.164. The molecule has 0 saturated carbocycles. The lowest BCUT2D eigenvalue weighted by molar-refractivity contribution is -0.153. The molecule has 1 heterocycles. The summed E-state index contributed by atoms with van der Waals surface area (Å²) in [6.07, 6.45) is -0.0391. The standard InChI is InChI=1S/C12H20O5/c1-5-15-10(13)7-8(3)12(9(4)17-12)11(14)16-6-2/h8-9H,5-7H2,1-4H3. The summed E-state index contributed by atoms with van der Waals surface area (Å²) in [5.74, 6) is -0.939. The molecule has 5 nitrogen and oxygen atoms in total. The predicted octanol–water partition coefficient (Wildman–Crippen LogP) is 1.30. The third-order valence-electron chi connectivity index (χ3n) is 3.02. The van der Waals surface area contributed by atoms with E-state index < -0.39 is 5.60 Å². The van der Waals surface area contributed by atoms with Gasteiger partial charge in [-0.05, 0) is 20.8 Å². The van der Waals surface area contributed by atoms with E-state index in [0.717, 1.165) is 0 Å². The molecular formula is C12H20O5. The zero-order valence-corrected chi connectivity index (χ0v) is 10.8. The van der Waals surface area contributed by atoms with Gasteiger partial charge in [-0.1, -0.05) is 6.92 Å². The summed E-state index contributed by atoms with van der Waals surface area (Å²) in [7, 11) is 0. The molecule has 1 aliphatic rings. The Balaban J connectivity index is 2.62. The lowest BCUT2D eigenvalue weighted by Crippen LogP contribution is -2.37. The van der Waals surface area contributed by atoms with Crippen molar-refractivity contribution in [1.29, 1.82) is 0 Å². The molecule has 0 radical (unpaired) electrons. The van der Waals surface area contributed by atoms with Crippen LogP contribution in [-0.2, 0) is 23.8 Å². The van der Waals surface area contributed by atoms with Crippen LogP contribution in [0.3, 0.4) is 0 Å². The van der Waals surface area contributed by atoms with E-state index in [9.17, 15) is 9.59 Å². The van der Waals surface area contributed by atoms with Crippen LogP contribution >= 0.6 is 0 Å². The number of hydrogen-bond donors (Lipinski definition) is 0. The Bertz CT molecular complexity index is 301. The summed E-state index contributed by atoms with van der Waals surface area (Å²) < 4.78 is 15.2. The molecule has 0 spiro atoms. The molecule has 3 atom stereocenters. The summed E-state index contributed by atoms with van der Waals surface area (Å²) in [6.45, 7) is 7.75. The first kappa shape index (κ1) is 14.0. The first-order valence-electron chi connectivity index (χ1n) is 5.99. The van der Waals surface area contributed by atoms with Crippen LogP contribution in [0.4, 0.5) is 0 Å². The smallest absolute Gasteiger partial charge is 0.341 e. The van der Waals surface area contributed by atoms with Crippen molar-refractivity contribution in [3.63, 3.8) is 0 Å². The highest BCUT2D eigenvalue weighted by molar-refractivity contribution is 5.85. The molecule has 0 bridgehead atoms. The molecule has 1 saturated heterocycles. The average molecular weight is 244 g/mol. The highest BCUT2D eigenvalue weighted by atomic mass is 16.7. The van der Waals surface area contributed by atoms with Gasteiger partial charge in [0.1, 0.15) is 0 Å². The maximum Gasteiger partial charge on any atom is 0.341 e. The van der Waals surface area contributed by atoms with Crippen molar-refractivity contribution in [2.45, 2.75) is 45.8 Å². The second-order valence-electron chi connectivity index (χ2n) is 4.18. The van der Waals surface area contributed by atoms with Crippen molar-refractivity contribution in [1.82, 2.24) is 0 Å². The van der Waals surface area contributed by atoms with E-state index in [1.165, 1.54) is 0 Å². The fraction of sp³-hybridized carbons (Fsp3) is 0.833. The number of rotatable bonds is 6. The van der Waals surface area contributed by atoms with Gasteiger partial charge in [-0.2, -0.15) is 0 Å². The lowest BCUT2D eigenvalue weighted by atomic mass is 9.88. The van der Waals surface area contributed by atoms with Crippen LogP contribution in [0, 0.1) is 5.92 Å². The minimum Gasteiger partial charge on any atom is -0.466 e. The molecule has 1 rings (SSSR count). The number of hydrogen-bond acceptors (Lipinski definition) is 5. The molecule has 98 valence electrons. The van der Waals surface area contributed by atoms with Gasteiger partial charge in [-0.15, -0.1) is 0 Å². The summed E-state index contributed by atoms with van der Waals surface area (Å²) in [5.41, 5.74) is -0.956. The van der Waals surface area contributed by atoms with E-state index >= 15 is 0 Å². The SMILES string of the molecule is CCOC(=O)CC(C)C1(C(=O)OCC)OC1C. The normalized spacial score (nSPS) is 28.4. The van der Waals surface area contributed by atoms with Crippen LogP contribution in [-0.4, -0.2) is 36.9 Å². The maximum atomic E-state index is 11.8. The zero-order chi connectivity index (χ0) is 13.1. The van der Waals surface area contributed by atoms with Crippen molar-refractivity contribution >= 4 is 11.9 Å². The molecule has 1 aliphatic heterocycles. The summed E-state index contributed by atoms with van der Waals surface area (Å²) >= 11 is 0. The first-order chi connectivity index (χ1) is 7.98. The van der Waals surface area contributed by atoms with Crippen LogP contribution < -0.4 is 0 Å². The Labute approximate surface area is 101 Å². The molecule has 0 aromatic heterocycles. The minimum atomic E-state index is -0.956. The van der Waals surface area contributed by atoms with Crippen LogP contribution in [0.15, 0.2) is 0 Å². The number of esters is 2. The van der Waals surface area contributed by atoms with Gasteiger partial charge in [-0.25, -0.2) is 4.79 Å². The Morgan fingerprint density at radius 2 is 1.82 bits per heavy atom. The van der Waals surface area contributed by atoms with Crippen LogP contribution in [0.1, 0.15) is 34.1 Å². The molecular weight excluding hydrogens is 224 g/mol. The van der Waals surface area contributed by atoms with Gasteiger partial charge in [-0.3, -0.25) is 4.79 Å². The van der Waals surface area contributed by atoms with Gasteiger partial charge in [0.15, 0.2) is 5.60 Å². The Hall–Kier alpha value is -1.10. The molecule has 17 heavy (non-hydrogen) atoms. The summed E-state index contributed by atoms with van der Waals surface area (Å²) in [5, 5.41) is 0. The first-order valence-corrected chi connectivity index (χ1v) is 5.99. The third-order valence-corrected chi connectivity index (χ3v) is 3.02. The lowest BCUT2D eigenvalue weighted by Gasteiger charge is -2.18. The monoisotopic (exact) mass is 244 g/mol. The quantitative estimate of drug-likeness (QED) is 0.520. The summed E-state index contributed by atoms with van der Waals surface area (Å²) in [6, 6.07) is 0. The highest BCUT2D eigenvalue weighted by Crippen LogP contribution is 2.45. The van der Waals surface area contributed by atoms with Crippen LogP contribution in [0.25, 0.3) is 0 Å². The van der Waals surface area contributed by atoms with E-state index in [-0.39, 0.29) is 30.4 Å². The molecule has 0 aromatic carbocycles. The third kappa shape index (κ3) is 2.77. The van der Waals surface area contributed by atoms with Gasteiger partial charge in [0.25, 0.3) is 0 Å². The Morgan fingerprint density at radius 1 is 1.29 bits per heavy atom. The molecule has 0 aromatic rings. The van der Waals surface area contributed by atoms with Gasteiger partial charge in [0.2, 0.25) is 0 Å². The van der Waals surface area contributed by atoms with E-state index in [2.05, 4.69) is 0 Å². The second-order valence-corrected chi connectivity index (χ2v) is 4.18. The molecule has 0 N–H and O–H groups in total. The second kappa shape index (κ2) is 5.49. The van der Waals surface area contributed by atoms with Gasteiger partial charge in [0, 0.05) is 5.92 Å². The molecule has 0 aliphatic carbocycles. The van der Waals surface area contributed by atoms with E-state index in [0.29, 0.717) is 13.2 Å².